The average Bonchev–Trinajstić information content (AvgIpc) is 2.67. The van der Waals surface area contributed by atoms with Crippen LogP contribution in [-0.4, -0.2) is 0 Å². The molecule has 0 amide bonds. The summed E-state index contributed by atoms with van der Waals surface area (Å²) in [5.74, 6) is 0. The normalized spacial score (nSPS) is 11.2. The Kier molecular flexibility index (Phi) is 3.82. The number of hydrogen-bond acceptors (Lipinski definition) is 0. The van der Waals surface area contributed by atoms with Crippen LogP contribution in [0.3, 0.4) is 0 Å². The predicted molar refractivity (Wildman–Crippen MR) is 106 cm³/mol. The minimum atomic E-state index is 1.07. The first kappa shape index (κ1) is 15.0. The smallest absolute Gasteiger partial charge is 0.00962 e. The molecule has 0 unspecified atom stereocenters. The Balaban J connectivity index is 2.06. The van der Waals surface area contributed by atoms with Crippen LogP contribution in [0, 0.1) is 0 Å². The highest BCUT2D eigenvalue weighted by atomic mass is 14.1. The molecule has 0 spiro atoms. The maximum atomic E-state index is 2.37. The van der Waals surface area contributed by atoms with Gasteiger partial charge in [-0.3, -0.25) is 0 Å². The highest BCUT2D eigenvalue weighted by Gasteiger charge is 2.09. The number of fused-ring (bicyclic) bond motifs is 3. The molecule has 0 aliphatic heterocycles. The van der Waals surface area contributed by atoms with E-state index in [0.29, 0.717) is 0 Å². The topological polar surface area (TPSA) is 0 Å². The van der Waals surface area contributed by atoms with Gasteiger partial charge in [-0.1, -0.05) is 80.6 Å². The summed E-state index contributed by atoms with van der Waals surface area (Å²) in [4.78, 5) is 0. The fraction of sp³-hybridized carbons (Fsp3) is 0.167. The van der Waals surface area contributed by atoms with Gasteiger partial charge in [0, 0.05) is 0 Å². The standard InChI is InChI=1S/C24H22/c1-3-17-9-12-19(13-10-17)23-16-20-7-5-6-8-21(20)22-14-11-18(4-2)15-24(22)23/h5-16H,3-4H2,1-2H3. The van der Waals surface area contributed by atoms with Crippen molar-refractivity contribution in [2.75, 3.05) is 0 Å². The molecule has 0 heterocycles. The first-order valence-electron chi connectivity index (χ1n) is 8.84. The van der Waals surface area contributed by atoms with Gasteiger partial charge in [0.2, 0.25) is 0 Å². The van der Waals surface area contributed by atoms with Gasteiger partial charge in [0.1, 0.15) is 0 Å². The molecular formula is C24H22. The van der Waals surface area contributed by atoms with E-state index in [9.17, 15) is 0 Å². The Labute approximate surface area is 143 Å². The van der Waals surface area contributed by atoms with Crippen molar-refractivity contribution in [3.8, 4) is 11.1 Å². The van der Waals surface area contributed by atoms with Crippen molar-refractivity contribution < 1.29 is 0 Å². The van der Waals surface area contributed by atoms with Crippen LogP contribution in [0.2, 0.25) is 0 Å². The summed E-state index contributed by atoms with van der Waals surface area (Å²) in [5, 5.41) is 5.35. The summed E-state index contributed by atoms with van der Waals surface area (Å²) >= 11 is 0. The number of rotatable bonds is 3. The predicted octanol–water partition coefficient (Wildman–Crippen LogP) is 6.78. The van der Waals surface area contributed by atoms with Gasteiger partial charge < -0.3 is 0 Å². The van der Waals surface area contributed by atoms with Crippen LogP contribution in [0.1, 0.15) is 25.0 Å². The monoisotopic (exact) mass is 310 g/mol. The van der Waals surface area contributed by atoms with Gasteiger partial charge in [0.05, 0.1) is 0 Å². The first-order chi connectivity index (χ1) is 11.8. The van der Waals surface area contributed by atoms with E-state index in [1.807, 2.05) is 0 Å². The molecule has 0 saturated heterocycles. The maximum absolute atomic E-state index is 2.37. The van der Waals surface area contributed by atoms with E-state index in [1.54, 1.807) is 0 Å². The van der Waals surface area contributed by atoms with Crippen molar-refractivity contribution in [2.24, 2.45) is 0 Å². The molecule has 4 rings (SSSR count). The molecule has 0 nitrogen and oxygen atoms in total. The lowest BCUT2D eigenvalue weighted by Gasteiger charge is -2.13. The minimum absolute atomic E-state index is 1.07. The third-order valence-corrected chi connectivity index (χ3v) is 5.01. The van der Waals surface area contributed by atoms with Crippen LogP contribution in [-0.2, 0) is 12.8 Å². The Morgan fingerprint density at radius 2 is 1.29 bits per heavy atom. The van der Waals surface area contributed by atoms with Gasteiger partial charge in [0.25, 0.3) is 0 Å². The fourth-order valence-corrected chi connectivity index (χ4v) is 3.53. The Bertz CT molecular complexity index is 1010. The maximum Gasteiger partial charge on any atom is -0.00962 e. The third-order valence-electron chi connectivity index (χ3n) is 5.01. The van der Waals surface area contributed by atoms with Crippen molar-refractivity contribution in [1.29, 1.82) is 0 Å². The van der Waals surface area contributed by atoms with Crippen molar-refractivity contribution in [1.82, 2.24) is 0 Å². The zero-order valence-electron chi connectivity index (χ0n) is 14.3. The number of benzene rings is 4. The first-order valence-corrected chi connectivity index (χ1v) is 8.84. The summed E-state index contributed by atoms with van der Waals surface area (Å²) in [5.41, 5.74) is 5.42. The van der Waals surface area contributed by atoms with Gasteiger partial charge in [0.15, 0.2) is 0 Å². The van der Waals surface area contributed by atoms with E-state index in [4.69, 9.17) is 0 Å². The second kappa shape index (κ2) is 6.13. The van der Waals surface area contributed by atoms with E-state index in [2.05, 4.69) is 86.6 Å². The molecule has 0 N–H and O–H groups in total. The highest BCUT2D eigenvalue weighted by Crippen LogP contribution is 2.35. The minimum Gasteiger partial charge on any atom is -0.0616 e. The summed E-state index contributed by atoms with van der Waals surface area (Å²) in [6.45, 7) is 4.42. The lowest BCUT2D eigenvalue weighted by molar-refractivity contribution is 1.14. The van der Waals surface area contributed by atoms with Crippen LogP contribution in [0.15, 0.2) is 72.8 Å². The van der Waals surface area contributed by atoms with Gasteiger partial charge in [-0.05, 0) is 62.7 Å². The summed E-state index contributed by atoms with van der Waals surface area (Å²) in [7, 11) is 0. The Morgan fingerprint density at radius 1 is 0.583 bits per heavy atom. The Hall–Kier alpha value is -2.60. The van der Waals surface area contributed by atoms with E-state index in [1.165, 1.54) is 43.8 Å². The second-order valence-corrected chi connectivity index (χ2v) is 6.43. The average molecular weight is 310 g/mol. The zero-order chi connectivity index (χ0) is 16.5. The molecule has 0 fully saturated rings. The van der Waals surface area contributed by atoms with Crippen LogP contribution in [0.5, 0.6) is 0 Å². The van der Waals surface area contributed by atoms with Crippen LogP contribution >= 0.6 is 0 Å². The molecule has 0 saturated carbocycles. The van der Waals surface area contributed by atoms with Crippen molar-refractivity contribution in [2.45, 2.75) is 26.7 Å². The van der Waals surface area contributed by atoms with Gasteiger partial charge in [-0.15, -0.1) is 0 Å². The fourth-order valence-electron chi connectivity index (χ4n) is 3.53. The summed E-state index contributed by atoms with van der Waals surface area (Å²) < 4.78 is 0. The van der Waals surface area contributed by atoms with E-state index in [-0.39, 0.29) is 0 Å². The summed E-state index contributed by atoms with van der Waals surface area (Å²) in [6.07, 6.45) is 2.15. The van der Waals surface area contributed by atoms with Crippen molar-refractivity contribution in [3.63, 3.8) is 0 Å². The van der Waals surface area contributed by atoms with E-state index >= 15 is 0 Å². The number of aryl methyl sites for hydroxylation is 2. The number of hydrogen-bond donors (Lipinski definition) is 0. The van der Waals surface area contributed by atoms with Gasteiger partial charge >= 0.3 is 0 Å². The van der Waals surface area contributed by atoms with E-state index < -0.39 is 0 Å². The second-order valence-electron chi connectivity index (χ2n) is 6.43. The molecule has 0 heteroatoms. The van der Waals surface area contributed by atoms with Crippen molar-refractivity contribution in [3.05, 3.63) is 83.9 Å². The lowest BCUT2D eigenvalue weighted by atomic mass is 9.91. The van der Waals surface area contributed by atoms with Crippen LogP contribution < -0.4 is 0 Å². The molecular weight excluding hydrogens is 288 g/mol. The molecule has 0 aliphatic carbocycles. The van der Waals surface area contributed by atoms with Gasteiger partial charge in [-0.2, -0.15) is 0 Å². The van der Waals surface area contributed by atoms with Crippen LogP contribution in [0.4, 0.5) is 0 Å². The molecule has 0 radical (unpaired) electrons. The molecule has 24 heavy (non-hydrogen) atoms. The molecule has 0 aliphatic rings. The third kappa shape index (κ3) is 2.49. The largest absolute Gasteiger partial charge is 0.0616 e. The van der Waals surface area contributed by atoms with Crippen LogP contribution in [0.25, 0.3) is 32.7 Å². The van der Waals surface area contributed by atoms with E-state index in [0.717, 1.165) is 12.8 Å². The zero-order valence-corrected chi connectivity index (χ0v) is 14.3. The quantitative estimate of drug-likeness (QED) is 0.366. The molecule has 4 aromatic carbocycles. The lowest BCUT2D eigenvalue weighted by Crippen LogP contribution is -1.88. The van der Waals surface area contributed by atoms with Gasteiger partial charge in [-0.25, -0.2) is 0 Å². The Morgan fingerprint density at radius 3 is 2.04 bits per heavy atom. The molecule has 118 valence electrons. The molecule has 0 aromatic heterocycles. The highest BCUT2D eigenvalue weighted by molar-refractivity contribution is 6.13. The SMILES string of the molecule is CCc1ccc(-c2cc3ccccc3c3ccc(CC)cc23)cc1. The van der Waals surface area contributed by atoms with Crippen molar-refractivity contribution >= 4 is 21.5 Å². The summed E-state index contributed by atoms with van der Waals surface area (Å²) in [6, 6.07) is 27.0. The molecule has 0 bridgehead atoms. The molecule has 4 aromatic rings. The molecule has 0 atom stereocenters.